The van der Waals surface area contributed by atoms with Crippen LogP contribution in [0.1, 0.15) is 17.4 Å². The molecule has 2 N–H and O–H groups in total. The van der Waals surface area contributed by atoms with E-state index in [2.05, 4.69) is 10.1 Å². The Kier molecular flexibility index (Phi) is 3.50. The smallest absolute Gasteiger partial charge is 0.359 e. The average molecular weight is 296 g/mol. The summed E-state index contributed by atoms with van der Waals surface area (Å²) >= 11 is 0. The van der Waals surface area contributed by atoms with Gasteiger partial charge in [-0.1, -0.05) is 12.1 Å². The summed E-state index contributed by atoms with van der Waals surface area (Å²) in [4.78, 5) is 16.5. The largest absolute Gasteiger partial charge is 0.461 e. The van der Waals surface area contributed by atoms with Crippen molar-refractivity contribution in [3.05, 3.63) is 42.2 Å². The van der Waals surface area contributed by atoms with Gasteiger partial charge in [0.05, 0.1) is 12.0 Å². The van der Waals surface area contributed by atoms with E-state index < -0.39 is 5.97 Å². The molecule has 6 heteroatoms. The number of rotatable bonds is 3. The summed E-state index contributed by atoms with van der Waals surface area (Å²) in [7, 11) is 1.75. The Hall–Kier alpha value is -2.89. The predicted octanol–water partition coefficient (Wildman–Crippen LogP) is 2.39. The van der Waals surface area contributed by atoms with Gasteiger partial charge in [0.15, 0.2) is 11.3 Å². The monoisotopic (exact) mass is 296 g/mol. The van der Waals surface area contributed by atoms with Gasteiger partial charge in [0, 0.05) is 18.9 Å². The fourth-order valence-electron chi connectivity index (χ4n) is 2.42. The second-order valence-corrected chi connectivity index (χ2v) is 4.87. The van der Waals surface area contributed by atoms with Gasteiger partial charge in [-0.15, -0.1) is 0 Å². The maximum absolute atomic E-state index is 12.2. The molecule has 0 saturated heterocycles. The fraction of sp³-hybridized carbons (Fsp3) is 0.188. The zero-order valence-corrected chi connectivity index (χ0v) is 12.4. The molecule has 0 amide bonds. The van der Waals surface area contributed by atoms with Crippen molar-refractivity contribution in [1.29, 1.82) is 0 Å². The SMILES string of the molecule is CCOC(=O)c1nn(C)c2nccc(-c3ccc(N)cc3)c12. The van der Waals surface area contributed by atoms with Crippen molar-refractivity contribution in [2.75, 3.05) is 12.3 Å². The molecule has 22 heavy (non-hydrogen) atoms. The Morgan fingerprint density at radius 3 is 2.68 bits per heavy atom. The molecule has 2 heterocycles. The number of carbonyl (C=O) groups excluding carboxylic acids is 1. The highest BCUT2D eigenvalue weighted by Gasteiger charge is 2.21. The molecule has 0 radical (unpaired) electrons. The standard InChI is InChI=1S/C16H16N4O2/c1-3-22-16(21)14-13-12(10-4-6-11(17)7-5-10)8-9-18-15(13)20(2)19-14/h4-9H,3,17H2,1-2H3. The quantitative estimate of drug-likeness (QED) is 0.592. The van der Waals surface area contributed by atoms with Crippen molar-refractivity contribution in [3.63, 3.8) is 0 Å². The molecule has 3 aromatic rings. The van der Waals surface area contributed by atoms with Gasteiger partial charge in [-0.05, 0) is 36.2 Å². The number of hydrogen-bond donors (Lipinski definition) is 1. The summed E-state index contributed by atoms with van der Waals surface area (Å²) in [6.45, 7) is 2.07. The third kappa shape index (κ3) is 2.28. The average Bonchev–Trinajstić information content (AvgIpc) is 2.86. The number of benzene rings is 1. The van der Waals surface area contributed by atoms with Crippen LogP contribution in [0.3, 0.4) is 0 Å². The first-order valence-electron chi connectivity index (χ1n) is 6.96. The van der Waals surface area contributed by atoms with Gasteiger partial charge in [-0.25, -0.2) is 14.5 Å². The van der Waals surface area contributed by atoms with Crippen molar-refractivity contribution in [2.45, 2.75) is 6.92 Å². The predicted molar refractivity (Wildman–Crippen MR) is 84.3 cm³/mol. The highest BCUT2D eigenvalue weighted by molar-refractivity contribution is 6.07. The van der Waals surface area contributed by atoms with Crippen molar-refractivity contribution < 1.29 is 9.53 Å². The molecule has 3 rings (SSSR count). The minimum absolute atomic E-state index is 0.277. The minimum Gasteiger partial charge on any atom is -0.461 e. The van der Waals surface area contributed by atoms with Crippen LogP contribution >= 0.6 is 0 Å². The van der Waals surface area contributed by atoms with Crippen LogP contribution in [0.5, 0.6) is 0 Å². The third-order valence-electron chi connectivity index (χ3n) is 3.41. The van der Waals surface area contributed by atoms with Gasteiger partial charge >= 0.3 is 5.97 Å². The second-order valence-electron chi connectivity index (χ2n) is 4.87. The number of pyridine rings is 1. The molecule has 2 aromatic heterocycles. The first kappa shape index (κ1) is 14.1. The summed E-state index contributed by atoms with van der Waals surface area (Å²) in [5, 5.41) is 4.96. The van der Waals surface area contributed by atoms with Crippen LogP contribution in [0, 0.1) is 0 Å². The van der Waals surface area contributed by atoms with Crippen molar-refractivity contribution in [3.8, 4) is 11.1 Å². The van der Waals surface area contributed by atoms with Gasteiger partial charge < -0.3 is 10.5 Å². The number of nitrogens with zero attached hydrogens (tertiary/aromatic N) is 3. The number of ether oxygens (including phenoxy) is 1. The zero-order valence-electron chi connectivity index (χ0n) is 12.4. The number of hydrogen-bond acceptors (Lipinski definition) is 5. The highest BCUT2D eigenvalue weighted by atomic mass is 16.5. The highest BCUT2D eigenvalue weighted by Crippen LogP contribution is 2.30. The summed E-state index contributed by atoms with van der Waals surface area (Å²) in [5.74, 6) is -0.446. The molecule has 0 aliphatic heterocycles. The lowest BCUT2D eigenvalue weighted by atomic mass is 10.0. The number of fused-ring (bicyclic) bond motifs is 1. The van der Waals surface area contributed by atoms with Crippen molar-refractivity contribution in [1.82, 2.24) is 14.8 Å². The number of carbonyl (C=O) groups is 1. The number of anilines is 1. The summed E-state index contributed by atoms with van der Waals surface area (Å²) in [6.07, 6.45) is 1.70. The molecule has 0 aliphatic carbocycles. The lowest BCUT2D eigenvalue weighted by molar-refractivity contribution is 0.0521. The maximum atomic E-state index is 12.2. The Labute approximate surface area is 127 Å². The van der Waals surface area contributed by atoms with Crippen LogP contribution in [0.4, 0.5) is 5.69 Å². The molecule has 0 fully saturated rings. The molecular formula is C16H16N4O2. The Morgan fingerprint density at radius 1 is 1.27 bits per heavy atom. The Morgan fingerprint density at radius 2 is 2.00 bits per heavy atom. The normalized spacial score (nSPS) is 10.8. The lowest BCUT2D eigenvalue weighted by Gasteiger charge is -2.05. The molecule has 6 nitrogen and oxygen atoms in total. The van der Waals surface area contributed by atoms with Crippen LogP contribution < -0.4 is 5.73 Å². The number of nitrogen functional groups attached to an aromatic ring is 1. The Bertz CT molecular complexity index is 837. The molecule has 0 bridgehead atoms. The molecule has 0 unspecified atom stereocenters. The molecular weight excluding hydrogens is 280 g/mol. The van der Waals surface area contributed by atoms with E-state index in [9.17, 15) is 4.79 Å². The molecule has 0 aliphatic rings. The minimum atomic E-state index is -0.446. The van der Waals surface area contributed by atoms with Gasteiger partial charge in [-0.3, -0.25) is 0 Å². The topological polar surface area (TPSA) is 83.0 Å². The number of aromatic nitrogens is 3. The maximum Gasteiger partial charge on any atom is 0.359 e. The fourth-order valence-corrected chi connectivity index (χ4v) is 2.42. The number of nitrogens with two attached hydrogens (primary N) is 1. The van der Waals surface area contributed by atoms with E-state index in [4.69, 9.17) is 10.5 Å². The molecule has 0 atom stereocenters. The van der Waals surface area contributed by atoms with E-state index in [0.29, 0.717) is 23.3 Å². The number of esters is 1. The van der Waals surface area contributed by atoms with Crippen LogP contribution in [0.2, 0.25) is 0 Å². The Balaban J connectivity index is 2.26. The van der Waals surface area contributed by atoms with E-state index >= 15 is 0 Å². The van der Waals surface area contributed by atoms with E-state index in [1.165, 1.54) is 0 Å². The van der Waals surface area contributed by atoms with Crippen LogP contribution in [-0.4, -0.2) is 27.3 Å². The summed E-state index contributed by atoms with van der Waals surface area (Å²) in [6, 6.07) is 9.32. The first-order chi connectivity index (χ1) is 10.6. The molecule has 0 saturated carbocycles. The summed E-state index contributed by atoms with van der Waals surface area (Å²) < 4.78 is 6.68. The van der Waals surface area contributed by atoms with Gasteiger partial charge in [0.2, 0.25) is 0 Å². The van der Waals surface area contributed by atoms with E-state index in [1.54, 1.807) is 24.9 Å². The van der Waals surface area contributed by atoms with Gasteiger partial charge in [0.25, 0.3) is 0 Å². The van der Waals surface area contributed by atoms with E-state index in [-0.39, 0.29) is 5.69 Å². The van der Waals surface area contributed by atoms with Gasteiger partial charge in [-0.2, -0.15) is 5.10 Å². The van der Waals surface area contributed by atoms with E-state index in [1.807, 2.05) is 30.3 Å². The number of aryl methyl sites for hydroxylation is 1. The first-order valence-corrected chi connectivity index (χ1v) is 6.96. The zero-order chi connectivity index (χ0) is 15.7. The van der Waals surface area contributed by atoms with Crippen molar-refractivity contribution >= 4 is 22.7 Å². The van der Waals surface area contributed by atoms with Crippen LogP contribution in [-0.2, 0) is 11.8 Å². The van der Waals surface area contributed by atoms with Crippen molar-refractivity contribution in [2.24, 2.45) is 7.05 Å². The van der Waals surface area contributed by atoms with Crippen LogP contribution in [0.25, 0.3) is 22.2 Å². The van der Waals surface area contributed by atoms with E-state index in [0.717, 1.165) is 11.1 Å². The third-order valence-corrected chi connectivity index (χ3v) is 3.41. The molecule has 1 aromatic carbocycles. The van der Waals surface area contributed by atoms with Gasteiger partial charge in [0.1, 0.15) is 0 Å². The summed E-state index contributed by atoms with van der Waals surface area (Å²) in [5.41, 5.74) is 9.16. The van der Waals surface area contributed by atoms with Crippen LogP contribution in [0.15, 0.2) is 36.5 Å². The molecule has 0 spiro atoms. The second kappa shape index (κ2) is 5.48. The lowest BCUT2D eigenvalue weighted by Crippen LogP contribution is -2.06. The molecule has 112 valence electrons.